The molecule has 0 aliphatic carbocycles. The number of hydrogen-bond acceptors (Lipinski definition) is 2. The minimum absolute atomic E-state index is 0.242. The van der Waals surface area contributed by atoms with E-state index in [1.807, 2.05) is 0 Å². The molecule has 1 rings (SSSR count). The van der Waals surface area contributed by atoms with E-state index in [2.05, 4.69) is 4.72 Å². The fourth-order valence-electron chi connectivity index (χ4n) is 1.15. The molecule has 3 nitrogen and oxygen atoms in total. The number of rotatable bonds is 3. The van der Waals surface area contributed by atoms with E-state index in [1.54, 1.807) is 32.0 Å². The van der Waals surface area contributed by atoms with Gasteiger partial charge in [0.15, 0.2) is 0 Å². The lowest BCUT2D eigenvalue weighted by Gasteiger charge is -2.08. The van der Waals surface area contributed by atoms with Crippen molar-refractivity contribution in [2.75, 3.05) is 6.54 Å². The van der Waals surface area contributed by atoms with Crippen LogP contribution in [0.1, 0.15) is 12.5 Å². The van der Waals surface area contributed by atoms with Crippen molar-refractivity contribution < 1.29 is 8.42 Å². The van der Waals surface area contributed by atoms with Crippen LogP contribution in [0.25, 0.3) is 0 Å². The molecule has 1 aromatic carbocycles. The molecule has 0 amide bonds. The van der Waals surface area contributed by atoms with Gasteiger partial charge in [0.2, 0.25) is 10.0 Å². The van der Waals surface area contributed by atoms with Gasteiger partial charge in [-0.1, -0.05) is 24.6 Å². The largest absolute Gasteiger partial charge is 0.240 e. The molecule has 0 fully saturated rings. The molecule has 0 bridgehead atoms. The maximum absolute atomic E-state index is 11.6. The molecule has 1 N–H and O–H groups in total. The monoisotopic (exact) mass is 233 g/mol. The first-order chi connectivity index (χ1) is 6.49. The normalized spacial score (nSPS) is 11.6. The first kappa shape index (κ1) is 11.5. The van der Waals surface area contributed by atoms with E-state index in [-0.39, 0.29) is 4.90 Å². The summed E-state index contributed by atoms with van der Waals surface area (Å²) in [5.74, 6) is 0. The smallest absolute Gasteiger partial charge is 0.211 e. The average molecular weight is 234 g/mol. The van der Waals surface area contributed by atoms with Crippen LogP contribution in [0.4, 0.5) is 0 Å². The number of sulfonamides is 1. The van der Waals surface area contributed by atoms with E-state index >= 15 is 0 Å². The first-order valence-corrected chi connectivity index (χ1v) is 6.10. The van der Waals surface area contributed by atoms with Crippen molar-refractivity contribution in [2.24, 2.45) is 0 Å². The van der Waals surface area contributed by atoms with Crippen LogP contribution in [0.2, 0.25) is 5.02 Å². The molecular weight excluding hydrogens is 222 g/mol. The summed E-state index contributed by atoms with van der Waals surface area (Å²) in [4.78, 5) is 0.242. The quantitative estimate of drug-likeness (QED) is 0.868. The SMILES string of the molecule is CCNS(=O)(=O)c1cccc(Cl)c1C. The van der Waals surface area contributed by atoms with Crippen molar-refractivity contribution in [3.63, 3.8) is 0 Å². The second-order valence-electron chi connectivity index (χ2n) is 2.86. The van der Waals surface area contributed by atoms with Crippen molar-refractivity contribution in [2.45, 2.75) is 18.7 Å². The van der Waals surface area contributed by atoms with Crippen LogP contribution < -0.4 is 4.72 Å². The molecule has 0 spiro atoms. The van der Waals surface area contributed by atoms with Gasteiger partial charge in [0, 0.05) is 11.6 Å². The summed E-state index contributed by atoms with van der Waals surface area (Å²) in [5.41, 5.74) is 0.579. The Morgan fingerprint density at radius 1 is 1.43 bits per heavy atom. The zero-order valence-corrected chi connectivity index (χ0v) is 9.61. The molecule has 1 aromatic rings. The van der Waals surface area contributed by atoms with Gasteiger partial charge in [0.05, 0.1) is 4.90 Å². The summed E-state index contributed by atoms with van der Waals surface area (Å²) in [6, 6.07) is 4.83. The van der Waals surface area contributed by atoms with Crippen molar-refractivity contribution in [1.82, 2.24) is 4.72 Å². The summed E-state index contributed by atoms with van der Waals surface area (Å²) in [7, 11) is -3.40. The predicted octanol–water partition coefficient (Wildman–Crippen LogP) is 1.95. The van der Waals surface area contributed by atoms with E-state index in [0.29, 0.717) is 17.1 Å². The molecule has 0 atom stereocenters. The fourth-order valence-corrected chi connectivity index (χ4v) is 2.68. The number of benzene rings is 1. The second kappa shape index (κ2) is 4.29. The Labute approximate surface area is 89.1 Å². The average Bonchev–Trinajstić information content (AvgIpc) is 2.09. The van der Waals surface area contributed by atoms with Crippen molar-refractivity contribution in [3.8, 4) is 0 Å². The summed E-state index contributed by atoms with van der Waals surface area (Å²) < 4.78 is 25.7. The van der Waals surface area contributed by atoms with E-state index in [9.17, 15) is 8.42 Å². The van der Waals surface area contributed by atoms with Crippen LogP contribution in [0.15, 0.2) is 23.1 Å². The third kappa shape index (κ3) is 2.26. The van der Waals surface area contributed by atoms with Crippen LogP contribution in [0.3, 0.4) is 0 Å². The van der Waals surface area contributed by atoms with Crippen LogP contribution >= 0.6 is 11.6 Å². The zero-order chi connectivity index (χ0) is 10.8. The van der Waals surface area contributed by atoms with Gasteiger partial charge in [-0.05, 0) is 24.6 Å². The summed E-state index contributed by atoms with van der Waals surface area (Å²) >= 11 is 5.83. The van der Waals surface area contributed by atoms with Gasteiger partial charge >= 0.3 is 0 Å². The third-order valence-electron chi connectivity index (χ3n) is 1.84. The highest BCUT2D eigenvalue weighted by atomic mass is 35.5. The maximum atomic E-state index is 11.6. The molecule has 5 heteroatoms. The number of nitrogens with one attached hydrogen (secondary N) is 1. The molecule has 14 heavy (non-hydrogen) atoms. The van der Waals surface area contributed by atoms with Gasteiger partial charge in [-0.2, -0.15) is 0 Å². The lowest BCUT2D eigenvalue weighted by molar-refractivity contribution is 0.583. The molecule has 78 valence electrons. The maximum Gasteiger partial charge on any atom is 0.240 e. The Morgan fingerprint density at radius 3 is 2.64 bits per heavy atom. The predicted molar refractivity (Wildman–Crippen MR) is 57.1 cm³/mol. The Hall–Kier alpha value is -0.580. The third-order valence-corrected chi connectivity index (χ3v) is 3.94. The molecule has 0 unspecified atom stereocenters. The van der Waals surface area contributed by atoms with Crippen molar-refractivity contribution in [3.05, 3.63) is 28.8 Å². The minimum atomic E-state index is -3.40. The minimum Gasteiger partial charge on any atom is -0.211 e. The summed E-state index contributed by atoms with van der Waals surface area (Å²) in [6.45, 7) is 3.79. The molecular formula is C9H12ClNO2S. The Bertz CT molecular complexity index is 428. The lowest BCUT2D eigenvalue weighted by Crippen LogP contribution is -2.23. The molecule has 0 aliphatic rings. The van der Waals surface area contributed by atoms with E-state index in [4.69, 9.17) is 11.6 Å². The Morgan fingerprint density at radius 2 is 2.07 bits per heavy atom. The van der Waals surface area contributed by atoms with Gasteiger partial charge in [-0.15, -0.1) is 0 Å². The van der Waals surface area contributed by atoms with Gasteiger partial charge in [0.1, 0.15) is 0 Å². The molecule has 0 heterocycles. The summed E-state index contributed by atoms with van der Waals surface area (Å²) in [6.07, 6.45) is 0. The van der Waals surface area contributed by atoms with Crippen LogP contribution in [0.5, 0.6) is 0 Å². The first-order valence-electron chi connectivity index (χ1n) is 4.24. The molecule has 0 saturated heterocycles. The number of halogens is 1. The second-order valence-corrected chi connectivity index (χ2v) is 5.01. The Kier molecular flexibility index (Phi) is 3.53. The van der Waals surface area contributed by atoms with Gasteiger partial charge in [-0.3, -0.25) is 0 Å². The fraction of sp³-hybridized carbons (Fsp3) is 0.333. The molecule has 0 aromatic heterocycles. The Balaban J connectivity index is 3.27. The van der Waals surface area contributed by atoms with Gasteiger partial charge in [-0.25, -0.2) is 13.1 Å². The topological polar surface area (TPSA) is 46.2 Å². The van der Waals surface area contributed by atoms with Crippen molar-refractivity contribution >= 4 is 21.6 Å². The highest BCUT2D eigenvalue weighted by Crippen LogP contribution is 2.22. The molecule has 0 radical (unpaired) electrons. The standard InChI is InChI=1S/C9H12ClNO2S/c1-3-11-14(12,13)9-6-4-5-8(10)7(9)2/h4-6,11H,3H2,1-2H3. The number of hydrogen-bond donors (Lipinski definition) is 1. The highest BCUT2D eigenvalue weighted by molar-refractivity contribution is 7.89. The molecule has 0 saturated carbocycles. The molecule has 0 aliphatic heterocycles. The van der Waals surface area contributed by atoms with E-state index in [1.165, 1.54) is 0 Å². The van der Waals surface area contributed by atoms with Crippen LogP contribution in [-0.4, -0.2) is 15.0 Å². The summed E-state index contributed by atoms with van der Waals surface area (Å²) in [5, 5.41) is 0.462. The highest BCUT2D eigenvalue weighted by Gasteiger charge is 2.16. The van der Waals surface area contributed by atoms with Gasteiger partial charge < -0.3 is 0 Å². The van der Waals surface area contributed by atoms with Crippen molar-refractivity contribution in [1.29, 1.82) is 0 Å². The zero-order valence-electron chi connectivity index (χ0n) is 8.04. The van der Waals surface area contributed by atoms with Gasteiger partial charge in [0.25, 0.3) is 0 Å². The van der Waals surface area contributed by atoms with E-state index < -0.39 is 10.0 Å². The van der Waals surface area contributed by atoms with Crippen LogP contribution in [0, 0.1) is 6.92 Å². The van der Waals surface area contributed by atoms with E-state index in [0.717, 1.165) is 0 Å². The lowest BCUT2D eigenvalue weighted by atomic mass is 10.2. The van der Waals surface area contributed by atoms with Crippen LogP contribution in [-0.2, 0) is 10.0 Å².